The minimum absolute atomic E-state index is 0.0515. The lowest BCUT2D eigenvalue weighted by Gasteiger charge is -2.44. The number of H-pyrrole nitrogens is 1. The first-order valence-corrected chi connectivity index (χ1v) is 10.0. The third-order valence-electron chi connectivity index (χ3n) is 6.04. The number of amides is 1. The molecule has 150 valence electrons. The molecule has 28 heavy (non-hydrogen) atoms. The Bertz CT molecular complexity index is 839. The molecule has 1 aromatic carbocycles. The van der Waals surface area contributed by atoms with Crippen LogP contribution in [0.3, 0.4) is 0 Å². The van der Waals surface area contributed by atoms with Gasteiger partial charge in [0.2, 0.25) is 0 Å². The highest BCUT2D eigenvalue weighted by Crippen LogP contribution is 2.30. The van der Waals surface area contributed by atoms with Gasteiger partial charge in [0.1, 0.15) is 0 Å². The number of hydrogen-bond donors (Lipinski definition) is 4. The number of piperidine rings is 3. The Morgan fingerprint density at radius 3 is 2.68 bits per heavy atom. The van der Waals surface area contributed by atoms with E-state index in [1.807, 2.05) is 12.1 Å². The Balaban J connectivity index is 0.000000604. The van der Waals surface area contributed by atoms with Crippen molar-refractivity contribution in [3.63, 3.8) is 0 Å². The molecule has 1 aliphatic carbocycles. The molecule has 8 heteroatoms. The molecule has 1 saturated carbocycles. The molecule has 6 rings (SSSR count). The Kier molecular flexibility index (Phi) is 5.47. The predicted octanol–water partition coefficient (Wildman–Crippen LogP) is 1.91. The Labute approximate surface area is 163 Å². The van der Waals surface area contributed by atoms with Crippen LogP contribution in [-0.4, -0.2) is 64.8 Å². The van der Waals surface area contributed by atoms with Crippen LogP contribution in [0.5, 0.6) is 0 Å². The summed E-state index contributed by atoms with van der Waals surface area (Å²) < 4.78 is 0. The first kappa shape index (κ1) is 18.7. The summed E-state index contributed by atoms with van der Waals surface area (Å²) in [5.74, 6) is 1.39. The molecule has 3 aliphatic heterocycles. The van der Waals surface area contributed by atoms with Crippen LogP contribution in [0.25, 0.3) is 10.9 Å². The van der Waals surface area contributed by atoms with Crippen molar-refractivity contribution in [2.75, 3.05) is 31.5 Å². The van der Waals surface area contributed by atoms with E-state index in [0.717, 1.165) is 35.6 Å². The molecular formula is C20H27N5O3. The van der Waals surface area contributed by atoms with E-state index in [9.17, 15) is 4.79 Å². The molecule has 4 fully saturated rings. The first-order valence-electron chi connectivity index (χ1n) is 10.0. The minimum Gasteiger partial charge on any atom is -0.483 e. The maximum Gasteiger partial charge on any atom is 0.290 e. The summed E-state index contributed by atoms with van der Waals surface area (Å²) in [6.07, 6.45) is 5.05. The number of carboxylic acid groups (broad SMARTS) is 1. The Morgan fingerprint density at radius 1 is 1.29 bits per heavy atom. The van der Waals surface area contributed by atoms with Gasteiger partial charge in [-0.1, -0.05) is 0 Å². The Morgan fingerprint density at radius 2 is 2.04 bits per heavy atom. The van der Waals surface area contributed by atoms with E-state index in [2.05, 4.69) is 31.8 Å². The van der Waals surface area contributed by atoms with Crippen LogP contribution in [0, 0.1) is 11.8 Å². The molecule has 1 atom stereocenters. The van der Waals surface area contributed by atoms with E-state index in [4.69, 9.17) is 9.90 Å². The van der Waals surface area contributed by atoms with Crippen molar-refractivity contribution >= 4 is 29.0 Å². The number of carbonyl (C=O) groups is 2. The normalized spacial score (nSPS) is 25.6. The van der Waals surface area contributed by atoms with E-state index in [1.165, 1.54) is 38.8 Å². The van der Waals surface area contributed by atoms with E-state index in [-0.39, 0.29) is 18.4 Å². The van der Waals surface area contributed by atoms with Gasteiger partial charge in [0.25, 0.3) is 12.4 Å². The predicted molar refractivity (Wildman–Crippen MR) is 106 cm³/mol. The summed E-state index contributed by atoms with van der Waals surface area (Å²) in [6, 6.07) is 6.37. The van der Waals surface area contributed by atoms with Gasteiger partial charge in [-0.15, -0.1) is 0 Å². The zero-order chi connectivity index (χ0) is 19.5. The van der Waals surface area contributed by atoms with Crippen LogP contribution in [-0.2, 0) is 4.79 Å². The summed E-state index contributed by atoms with van der Waals surface area (Å²) in [6.45, 7) is 4.11. The second-order valence-electron chi connectivity index (χ2n) is 7.98. The molecule has 2 bridgehead atoms. The van der Waals surface area contributed by atoms with Gasteiger partial charge in [-0.3, -0.25) is 14.7 Å². The standard InChI is InChI=1S/C19H25N5O.CH2O2/c25-19(21-17-11-24-7-5-13(17)6-8-24)18-15-9-14(20-10-12-1-2-12)3-4-16(15)22-23-18;2-1-3/h3-4,9,12-13,17,20H,1-2,5-8,10-11H2,(H,21,25)(H,22,23);1H,(H,2,3)/t17-;/m0./s1. The van der Waals surface area contributed by atoms with E-state index in [0.29, 0.717) is 11.6 Å². The summed E-state index contributed by atoms with van der Waals surface area (Å²) >= 11 is 0. The molecule has 0 unspecified atom stereocenters. The first-order chi connectivity index (χ1) is 13.7. The third kappa shape index (κ3) is 4.11. The van der Waals surface area contributed by atoms with Crippen LogP contribution >= 0.6 is 0 Å². The van der Waals surface area contributed by atoms with Gasteiger partial charge in [-0.25, -0.2) is 0 Å². The van der Waals surface area contributed by atoms with Gasteiger partial charge < -0.3 is 20.6 Å². The van der Waals surface area contributed by atoms with Crippen molar-refractivity contribution in [3.8, 4) is 0 Å². The fourth-order valence-corrected chi connectivity index (χ4v) is 4.25. The number of nitrogens with one attached hydrogen (secondary N) is 3. The topological polar surface area (TPSA) is 110 Å². The highest BCUT2D eigenvalue weighted by molar-refractivity contribution is 6.05. The van der Waals surface area contributed by atoms with Gasteiger partial charge in [0, 0.05) is 30.2 Å². The number of carbonyl (C=O) groups excluding carboxylic acids is 1. The molecule has 2 aromatic rings. The van der Waals surface area contributed by atoms with E-state index >= 15 is 0 Å². The van der Waals surface area contributed by atoms with Crippen LogP contribution in [0.15, 0.2) is 18.2 Å². The highest BCUT2D eigenvalue weighted by Gasteiger charge is 2.35. The van der Waals surface area contributed by atoms with Gasteiger partial charge in [-0.2, -0.15) is 5.10 Å². The maximum absolute atomic E-state index is 12.8. The number of rotatable bonds is 5. The molecule has 4 N–H and O–H groups in total. The number of nitrogens with zero attached hydrogens (tertiary/aromatic N) is 2. The average molecular weight is 385 g/mol. The third-order valence-corrected chi connectivity index (χ3v) is 6.04. The second kappa shape index (κ2) is 8.18. The molecule has 0 radical (unpaired) electrons. The van der Waals surface area contributed by atoms with Crippen molar-refractivity contribution in [1.29, 1.82) is 0 Å². The van der Waals surface area contributed by atoms with Gasteiger partial charge >= 0.3 is 0 Å². The van der Waals surface area contributed by atoms with Crippen LogP contribution in [0.1, 0.15) is 36.2 Å². The number of fused-ring (bicyclic) bond motifs is 4. The molecule has 8 nitrogen and oxygen atoms in total. The number of anilines is 1. The number of benzene rings is 1. The number of aromatic amines is 1. The maximum atomic E-state index is 12.8. The lowest BCUT2D eigenvalue weighted by molar-refractivity contribution is -0.122. The minimum atomic E-state index is -0.250. The number of hydrogen-bond acceptors (Lipinski definition) is 5. The summed E-state index contributed by atoms with van der Waals surface area (Å²) in [5, 5.41) is 21.8. The van der Waals surface area contributed by atoms with Gasteiger partial charge in [0.05, 0.1) is 5.52 Å². The second-order valence-corrected chi connectivity index (χ2v) is 7.98. The highest BCUT2D eigenvalue weighted by atomic mass is 16.3. The number of aromatic nitrogens is 2. The summed E-state index contributed by atoms with van der Waals surface area (Å²) in [4.78, 5) is 23.6. The van der Waals surface area contributed by atoms with Crippen molar-refractivity contribution in [2.45, 2.75) is 31.7 Å². The quantitative estimate of drug-likeness (QED) is 0.585. The SMILES string of the molecule is O=C(N[C@H]1CN2CCC1CC2)c1n[nH]c2ccc(NCC3CC3)cc12.O=CO. The molecule has 1 amide bonds. The molecule has 4 heterocycles. The van der Waals surface area contributed by atoms with Gasteiger partial charge in [0.15, 0.2) is 5.69 Å². The van der Waals surface area contributed by atoms with Crippen LogP contribution in [0.2, 0.25) is 0 Å². The van der Waals surface area contributed by atoms with Crippen molar-refractivity contribution < 1.29 is 14.7 Å². The van der Waals surface area contributed by atoms with Crippen LogP contribution < -0.4 is 10.6 Å². The molecule has 3 saturated heterocycles. The molecular weight excluding hydrogens is 358 g/mol. The van der Waals surface area contributed by atoms with E-state index in [1.54, 1.807) is 0 Å². The smallest absolute Gasteiger partial charge is 0.290 e. The zero-order valence-electron chi connectivity index (χ0n) is 15.9. The zero-order valence-corrected chi connectivity index (χ0v) is 15.9. The van der Waals surface area contributed by atoms with Crippen LogP contribution in [0.4, 0.5) is 5.69 Å². The average Bonchev–Trinajstić information content (AvgIpc) is 3.45. The lowest BCUT2D eigenvalue weighted by atomic mass is 9.84. The summed E-state index contributed by atoms with van der Waals surface area (Å²) in [5.41, 5.74) is 2.50. The fourth-order valence-electron chi connectivity index (χ4n) is 4.25. The van der Waals surface area contributed by atoms with E-state index < -0.39 is 0 Å². The van der Waals surface area contributed by atoms with Crippen molar-refractivity contribution in [2.24, 2.45) is 11.8 Å². The van der Waals surface area contributed by atoms with Crippen molar-refractivity contribution in [3.05, 3.63) is 23.9 Å². The van der Waals surface area contributed by atoms with Crippen molar-refractivity contribution in [1.82, 2.24) is 20.4 Å². The largest absolute Gasteiger partial charge is 0.483 e. The molecule has 1 aromatic heterocycles. The van der Waals surface area contributed by atoms with Gasteiger partial charge in [-0.05, 0) is 68.8 Å². The Hall–Kier alpha value is -2.61. The fraction of sp³-hybridized carbons (Fsp3) is 0.550. The summed E-state index contributed by atoms with van der Waals surface area (Å²) in [7, 11) is 0. The molecule has 4 aliphatic rings. The molecule has 0 spiro atoms. The monoisotopic (exact) mass is 385 g/mol. The lowest BCUT2D eigenvalue weighted by Crippen LogP contribution is -2.57.